The van der Waals surface area contributed by atoms with Gasteiger partial charge in [-0.3, -0.25) is 0 Å². The topological polar surface area (TPSA) is 9.23 Å². The van der Waals surface area contributed by atoms with Crippen LogP contribution in [0.2, 0.25) is 0 Å². The Morgan fingerprint density at radius 1 is 1.15 bits per heavy atom. The van der Waals surface area contributed by atoms with Crippen molar-refractivity contribution in [2.45, 2.75) is 39.0 Å². The molecular formula is C12H22O. The van der Waals surface area contributed by atoms with E-state index in [1.54, 1.807) is 0 Å². The van der Waals surface area contributed by atoms with E-state index in [9.17, 15) is 0 Å². The van der Waals surface area contributed by atoms with Gasteiger partial charge in [-0.15, -0.1) is 6.58 Å². The SMILES string of the molecule is C=CCCC/C=C/COCCCC. The summed E-state index contributed by atoms with van der Waals surface area (Å²) in [6.45, 7) is 7.52. The van der Waals surface area contributed by atoms with Crippen LogP contribution in [-0.2, 0) is 4.74 Å². The van der Waals surface area contributed by atoms with E-state index in [2.05, 4.69) is 25.7 Å². The van der Waals surface area contributed by atoms with Crippen molar-refractivity contribution in [3.05, 3.63) is 24.8 Å². The molecule has 1 heteroatoms. The maximum absolute atomic E-state index is 5.37. The maximum Gasteiger partial charge on any atom is 0.0647 e. The summed E-state index contributed by atoms with van der Waals surface area (Å²) in [4.78, 5) is 0. The van der Waals surface area contributed by atoms with Gasteiger partial charge in [-0.1, -0.05) is 31.6 Å². The maximum atomic E-state index is 5.37. The minimum Gasteiger partial charge on any atom is -0.377 e. The summed E-state index contributed by atoms with van der Waals surface area (Å²) in [6.07, 6.45) is 12.1. The third kappa shape index (κ3) is 11.4. The molecule has 1 nitrogen and oxygen atoms in total. The molecule has 0 radical (unpaired) electrons. The van der Waals surface area contributed by atoms with Crippen LogP contribution < -0.4 is 0 Å². The van der Waals surface area contributed by atoms with Gasteiger partial charge in [0.15, 0.2) is 0 Å². The molecule has 0 aromatic heterocycles. The lowest BCUT2D eigenvalue weighted by molar-refractivity contribution is 0.159. The predicted octanol–water partition coefficient (Wildman–Crippen LogP) is 3.72. The van der Waals surface area contributed by atoms with Crippen LogP contribution >= 0.6 is 0 Å². The highest BCUT2D eigenvalue weighted by atomic mass is 16.5. The van der Waals surface area contributed by atoms with Gasteiger partial charge in [0, 0.05) is 6.61 Å². The molecule has 0 saturated carbocycles. The average molecular weight is 182 g/mol. The molecule has 0 heterocycles. The van der Waals surface area contributed by atoms with Crippen molar-refractivity contribution >= 4 is 0 Å². The second-order valence-corrected chi connectivity index (χ2v) is 3.12. The minimum atomic E-state index is 0.772. The fraction of sp³-hybridized carbons (Fsp3) is 0.667. The van der Waals surface area contributed by atoms with Crippen molar-refractivity contribution < 1.29 is 4.74 Å². The second-order valence-electron chi connectivity index (χ2n) is 3.12. The summed E-state index contributed by atoms with van der Waals surface area (Å²) in [6, 6.07) is 0. The van der Waals surface area contributed by atoms with Crippen LogP contribution in [0, 0.1) is 0 Å². The van der Waals surface area contributed by atoms with Gasteiger partial charge in [-0.05, 0) is 25.7 Å². The fourth-order valence-electron chi connectivity index (χ4n) is 0.964. The first-order chi connectivity index (χ1) is 6.41. The summed E-state index contributed by atoms with van der Waals surface area (Å²) in [5.41, 5.74) is 0. The van der Waals surface area contributed by atoms with Gasteiger partial charge in [0.05, 0.1) is 6.61 Å². The molecule has 0 bridgehead atoms. The van der Waals surface area contributed by atoms with Gasteiger partial charge in [0.1, 0.15) is 0 Å². The van der Waals surface area contributed by atoms with Gasteiger partial charge in [0.25, 0.3) is 0 Å². The van der Waals surface area contributed by atoms with Crippen molar-refractivity contribution in [2.75, 3.05) is 13.2 Å². The molecule has 0 spiro atoms. The largest absolute Gasteiger partial charge is 0.377 e. The average Bonchev–Trinajstić information content (AvgIpc) is 2.16. The van der Waals surface area contributed by atoms with Gasteiger partial charge in [-0.25, -0.2) is 0 Å². The van der Waals surface area contributed by atoms with Crippen LogP contribution in [0.1, 0.15) is 39.0 Å². The summed E-state index contributed by atoms with van der Waals surface area (Å²) in [5.74, 6) is 0. The Morgan fingerprint density at radius 2 is 2.00 bits per heavy atom. The van der Waals surface area contributed by atoms with Crippen molar-refractivity contribution in [2.24, 2.45) is 0 Å². The highest BCUT2D eigenvalue weighted by Gasteiger charge is 1.83. The number of allylic oxidation sites excluding steroid dienone is 2. The molecule has 76 valence electrons. The summed E-state index contributed by atoms with van der Waals surface area (Å²) in [5, 5.41) is 0. The zero-order valence-corrected chi connectivity index (χ0v) is 8.80. The summed E-state index contributed by atoms with van der Waals surface area (Å²) >= 11 is 0. The van der Waals surface area contributed by atoms with E-state index in [0.717, 1.165) is 26.1 Å². The molecule has 0 aliphatic carbocycles. The quantitative estimate of drug-likeness (QED) is 0.390. The van der Waals surface area contributed by atoms with E-state index in [0.29, 0.717) is 0 Å². The molecule has 0 N–H and O–H groups in total. The second kappa shape index (κ2) is 11.4. The van der Waals surface area contributed by atoms with Crippen LogP contribution in [-0.4, -0.2) is 13.2 Å². The van der Waals surface area contributed by atoms with Crippen LogP contribution in [0.3, 0.4) is 0 Å². The standard InChI is InChI=1S/C12H22O/c1-3-5-7-8-9-10-12-13-11-6-4-2/h3,9-10H,1,4-8,11-12H2,2H3/b10-9+. The Morgan fingerprint density at radius 3 is 2.69 bits per heavy atom. The number of hydrogen-bond acceptors (Lipinski definition) is 1. The van der Waals surface area contributed by atoms with Crippen molar-refractivity contribution in [3.8, 4) is 0 Å². The van der Waals surface area contributed by atoms with Gasteiger partial charge in [0.2, 0.25) is 0 Å². The lowest BCUT2D eigenvalue weighted by atomic mass is 10.2. The van der Waals surface area contributed by atoms with Crippen molar-refractivity contribution in [1.82, 2.24) is 0 Å². The molecule has 0 aliphatic rings. The lowest BCUT2D eigenvalue weighted by Crippen LogP contribution is -1.92. The van der Waals surface area contributed by atoms with Gasteiger partial charge >= 0.3 is 0 Å². The molecule has 0 aromatic carbocycles. The van der Waals surface area contributed by atoms with Crippen LogP contribution in [0.4, 0.5) is 0 Å². The van der Waals surface area contributed by atoms with E-state index in [4.69, 9.17) is 4.74 Å². The first kappa shape index (κ1) is 12.4. The summed E-state index contributed by atoms with van der Waals surface area (Å²) in [7, 11) is 0. The fourth-order valence-corrected chi connectivity index (χ4v) is 0.964. The van der Waals surface area contributed by atoms with Crippen molar-refractivity contribution in [3.63, 3.8) is 0 Å². The number of ether oxygens (including phenoxy) is 1. The molecule has 0 aliphatic heterocycles. The molecule has 0 aromatic rings. The predicted molar refractivity (Wildman–Crippen MR) is 58.9 cm³/mol. The Balaban J connectivity index is 2.98. The van der Waals surface area contributed by atoms with E-state index < -0.39 is 0 Å². The monoisotopic (exact) mass is 182 g/mol. The van der Waals surface area contributed by atoms with E-state index in [-0.39, 0.29) is 0 Å². The third-order valence-corrected chi connectivity index (χ3v) is 1.80. The van der Waals surface area contributed by atoms with E-state index in [1.165, 1.54) is 19.3 Å². The van der Waals surface area contributed by atoms with Crippen molar-refractivity contribution in [1.29, 1.82) is 0 Å². The van der Waals surface area contributed by atoms with Crippen LogP contribution in [0.15, 0.2) is 24.8 Å². The van der Waals surface area contributed by atoms with Gasteiger partial charge in [-0.2, -0.15) is 0 Å². The zero-order valence-electron chi connectivity index (χ0n) is 8.80. The van der Waals surface area contributed by atoms with Crippen LogP contribution in [0.5, 0.6) is 0 Å². The molecule has 0 atom stereocenters. The Bertz CT molecular complexity index is 127. The van der Waals surface area contributed by atoms with E-state index in [1.807, 2.05) is 6.08 Å². The highest BCUT2D eigenvalue weighted by molar-refractivity contribution is 4.82. The molecule has 0 fully saturated rings. The number of rotatable bonds is 9. The lowest BCUT2D eigenvalue weighted by Gasteiger charge is -1.97. The van der Waals surface area contributed by atoms with E-state index >= 15 is 0 Å². The summed E-state index contributed by atoms with van der Waals surface area (Å²) < 4.78 is 5.37. The molecule has 0 amide bonds. The molecule has 0 unspecified atom stereocenters. The first-order valence-electron chi connectivity index (χ1n) is 5.25. The Labute approximate surface area is 82.5 Å². The number of hydrogen-bond donors (Lipinski definition) is 0. The number of unbranched alkanes of at least 4 members (excludes halogenated alkanes) is 3. The van der Waals surface area contributed by atoms with Gasteiger partial charge < -0.3 is 4.74 Å². The molecule has 0 saturated heterocycles. The smallest absolute Gasteiger partial charge is 0.0647 e. The molecule has 0 rings (SSSR count). The van der Waals surface area contributed by atoms with Crippen LogP contribution in [0.25, 0.3) is 0 Å². The molecule has 13 heavy (non-hydrogen) atoms. The molecular weight excluding hydrogens is 160 g/mol. The normalized spacial score (nSPS) is 10.8. The highest BCUT2D eigenvalue weighted by Crippen LogP contribution is 1.96. The Hall–Kier alpha value is -0.560. The third-order valence-electron chi connectivity index (χ3n) is 1.80. The Kier molecular flexibility index (Phi) is 10.9. The minimum absolute atomic E-state index is 0.772. The first-order valence-corrected chi connectivity index (χ1v) is 5.25. The zero-order chi connectivity index (χ0) is 9.78.